The minimum absolute atomic E-state index is 0.0863. The fraction of sp³-hybridized carbons (Fsp3) is 0.562. The minimum Gasteiger partial charge on any atom is -0.341 e. The van der Waals surface area contributed by atoms with Gasteiger partial charge in [0.1, 0.15) is 5.82 Å². The molecular formula is C16H21FN2O3S. The van der Waals surface area contributed by atoms with Crippen molar-refractivity contribution in [3.63, 3.8) is 0 Å². The Hall–Kier alpha value is -1.47. The van der Waals surface area contributed by atoms with Crippen LogP contribution in [-0.2, 0) is 14.8 Å². The number of sulfonamides is 1. The summed E-state index contributed by atoms with van der Waals surface area (Å²) in [7, 11) is -3.77. The van der Waals surface area contributed by atoms with E-state index in [1.165, 1.54) is 18.2 Å². The number of halogens is 1. The first kappa shape index (κ1) is 16.4. The number of nitrogens with one attached hydrogen (secondary N) is 1. The second-order valence-electron chi connectivity index (χ2n) is 6.52. The van der Waals surface area contributed by atoms with E-state index in [0.717, 1.165) is 18.9 Å². The molecule has 0 aromatic heterocycles. The molecule has 3 rings (SSSR count). The first-order valence-electron chi connectivity index (χ1n) is 7.93. The van der Waals surface area contributed by atoms with Crippen LogP contribution in [0.15, 0.2) is 29.2 Å². The number of nitrogens with zero attached hydrogens (tertiary/aromatic N) is 1. The monoisotopic (exact) mass is 340 g/mol. The summed E-state index contributed by atoms with van der Waals surface area (Å²) in [5.41, 5.74) is 0. The predicted octanol–water partition coefficient (Wildman–Crippen LogP) is 1.75. The van der Waals surface area contributed by atoms with E-state index in [9.17, 15) is 17.6 Å². The molecule has 1 N–H and O–H groups in total. The van der Waals surface area contributed by atoms with Crippen LogP contribution in [0.5, 0.6) is 0 Å². The van der Waals surface area contributed by atoms with Crippen molar-refractivity contribution in [2.75, 3.05) is 13.1 Å². The van der Waals surface area contributed by atoms with E-state index in [-0.39, 0.29) is 22.8 Å². The number of rotatable bonds is 4. The number of carbonyl (C=O) groups excluding carboxylic acids is 1. The number of hydrogen-bond acceptors (Lipinski definition) is 3. The molecular weight excluding hydrogens is 319 g/mol. The molecule has 2 aliphatic rings. The summed E-state index contributed by atoms with van der Waals surface area (Å²) < 4.78 is 40.5. The van der Waals surface area contributed by atoms with Gasteiger partial charge in [-0.25, -0.2) is 17.5 Å². The maximum Gasteiger partial charge on any atom is 0.240 e. The van der Waals surface area contributed by atoms with Crippen molar-refractivity contribution >= 4 is 15.9 Å². The molecule has 0 bridgehead atoms. The maximum atomic E-state index is 13.2. The third kappa shape index (κ3) is 3.72. The van der Waals surface area contributed by atoms with E-state index in [4.69, 9.17) is 0 Å². The van der Waals surface area contributed by atoms with Crippen LogP contribution in [0.25, 0.3) is 0 Å². The molecule has 1 aromatic rings. The number of benzene rings is 1. The molecule has 7 heteroatoms. The van der Waals surface area contributed by atoms with Crippen LogP contribution in [0.3, 0.4) is 0 Å². The van der Waals surface area contributed by atoms with Crippen LogP contribution in [0.1, 0.15) is 26.2 Å². The molecule has 1 aliphatic carbocycles. The standard InChI is InChI=1S/C16H21FN2O3S/c1-11-8-15(11)16(20)19-7-3-5-13(10-19)18-23(21,22)14-6-2-4-12(17)9-14/h2,4,6,9,11,13,15,18H,3,5,7-8,10H2,1H3/t11-,13+,15-/m1/s1. The minimum atomic E-state index is -3.77. The summed E-state index contributed by atoms with van der Waals surface area (Å²) >= 11 is 0. The lowest BCUT2D eigenvalue weighted by atomic mass is 10.1. The molecule has 5 nitrogen and oxygen atoms in total. The van der Waals surface area contributed by atoms with Crippen molar-refractivity contribution in [3.05, 3.63) is 30.1 Å². The number of piperidine rings is 1. The third-order valence-electron chi connectivity index (χ3n) is 4.59. The Kier molecular flexibility index (Phi) is 4.42. The van der Waals surface area contributed by atoms with Gasteiger partial charge in [-0.1, -0.05) is 13.0 Å². The predicted molar refractivity (Wildman–Crippen MR) is 83.6 cm³/mol. The first-order valence-corrected chi connectivity index (χ1v) is 9.42. The smallest absolute Gasteiger partial charge is 0.240 e. The van der Waals surface area contributed by atoms with Gasteiger partial charge in [0.15, 0.2) is 0 Å². The zero-order valence-electron chi connectivity index (χ0n) is 13.0. The van der Waals surface area contributed by atoms with E-state index in [2.05, 4.69) is 11.6 Å². The second kappa shape index (κ2) is 6.20. The van der Waals surface area contributed by atoms with Gasteiger partial charge in [0.05, 0.1) is 4.90 Å². The number of carbonyl (C=O) groups is 1. The molecule has 1 saturated heterocycles. The van der Waals surface area contributed by atoms with Crippen LogP contribution in [-0.4, -0.2) is 38.4 Å². The van der Waals surface area contributed by atoms with E-state index in [1.54, 1.807) is 4.90 Å². The van der Waals surface area contributed by atoms with Gasteiger partial charge in [0.2, 0.25) is 15.9 Å². The highest BCUT2D eigenvalue weighted by atomic mass is 32.2. The summed E-state index contributed by atoms with van der Waals surface area (Å²) in [5.74, 6) is 0.0867. The van der Waals surface area contributed by atoms with Gasteiger partial charge < -0.3 is 4.90 Å². The summed E-state index contributed by atoms with van der Waals surface area (Å²) in [6.07, 6.45) is 2.37. The van der Waals surface area contributed by atoms with Crippen LogP contribution >= 0.6 is 0 Å². The lowest BCUT2D eigenvalue weighted by Gasteiger charge is -2.33. The van der Waals surface area contributed by atoms with Crippen molar-refractivity contribution < 1.29 is 17.6 Å². The molecule has 0 radical (unpaired) electrons. The molecule has 1 saturated carbocycles. The number of amides is 1. The van der Waals surface area contributed by atoms with Gasteiger partial charge in [-0.2, -0.15) is 0 Å². The van der Waals surface area contributed by atoms with E-state index in [1.807, 2.05) is 0 Å². The summed E-state index contributed by atoms with van der Waals surface area (Å²) in [4.78, 5) is 14.0. The quantitative estimate of drug-likeness (QED) is 0.908. The molecule has 23 heavy (non-hydrogen) atoms. The van der Waals surface area contributed by atoms with Gasteiger partial charge in [0.25, 0.3) is 0 Å². The normalized spacial score (nSPS) is 27.7. The molecule has 126 valence electrons. The zero-order valence-corrected chi connectivity index (χ0v) is 13.9. The van der Waals surface area contributed by atoms with Crippen molar-refractivity contribution in [1.29, 1.82) is 0 Å². The largest absolute Gasteiger partial charge is 0.341 e. The lowest BCUT2D eigenvalue weighted by molar-refractivity contribution is -0.134. The fourth-order valence-electron chi connectivity index (χ4n) is 3.10. The zero-order chi connectivity index (χ0) is 16.6. The van der Waals surface area contributed by atoms with Crippen LogP contribution in [0.2, 0.25) is 0 Å². The van der Waals surface area contributed by atoms with Crippen molar-refractivity contribution in [1.82, 2.24) is 9.62 Å². The fourth-order valence-corrected chi connectivity index (χ4v) is 4.39. The molecule has 0 unspecified atom stereocenters. The van der Waals surface area contributed by atoms with Crippen molar-refractivity contribution in [2.24, 2.45) is 11.8 Å². The van der Waals surface area contributed by atoms with Gasteiger partial charge >= 0.3 is 0 Å². The van der Waals surface area contributed by atoms with Gasteiger partial charge in [-0.15, -0.1) is 0 Å². The molecule has 3 atom stereocenters. The molecule has 0 spiro atoms. The van der Waals surface area contributed by atoms with Crippen LogP contribution in [0, 0.1) is 17.7 Å². The number of hydrogen-bond donors (Lipinski definition) is 1. The Labute approximate surface area is 135 Å². The van der Waals surface area contributed by atoms with Crippen LogP contribution < -0.4 is 4.72 Å². The van der Waals surface area contributed by atoms with E-state index >= 15 is 0 Å². The van der Waals surface area contributed by atoms with E-state index in [0.29, 0.717) is 25.4 Å². The number of likely N-dealkylation sites (tertiary alicyclic amines) is 1. The highest BCUT2D eigenvalue weighted by Gasteiger charge is 2.42. The average molecular weight is 340 g/mol. The van der Waals surface area contributed by atoms with E-state index < -0.39 is 15.8 Å². The Bertz CT molecular complexity index is 707. The molecule has 1 amide bonds. The van der Waals surface area contributed by atoms with Gasteiger partial charge in [0, 0.05) is 25.0 Å². The SMILES string of the molecule is C[C@@H]1C[C@H]1C(=O)N1CCC[C@H](NS(=O)(=O)c2cccc(F)c2)C1. The molecule has 1 heterocycles. The van der Waals surface area contributed by atoms with Crippen LogP contribution in [0.4, 0.5) is 4.39 Å². The van der Waals surface area contributed by atoms with Crippen molar-refractivity contribution in [2.45, 2.75) is 37.1 Å². The first-order chi connectivity index (χ1) is 10.9. The summed E-state index contributed by atoms with van der Waals surface area (Å²) in [5, 5.41) is 0. The van der Waals surface area contributed by atoms with Gasteiger partial charge in [-0.3, -0.25) is 4.79 Å². The maximum absolute atomic E-state index is 13.2. The Morgan fingerprint density at radius 1 is 1.39 bits per heavy atom. The Morgan fingerprint density at radius 2 is 2.13 bits per heavy atom. The summed E-state index contributed by atoms with van der Waals surface area (Å²) in [6.45, 7) is 3.12. The highest BCUT2D eigenvalue weighted by Crippen LogP contribution is 2.39. The van der Waals surface area contributed by atoms with Gasteiger partial charge in [-0.05, 0) is 43.4 Å². The molecule has 2 fully saturated rings. The topological polar surface area (TPSA) is 66.5 Å². The highest BCUT2D eigenvalue weighted by molar-refractivity contribution is 7.89. The Morgan fingerprint density at radius 3 is 2.78 bits per heavy atom. The Balaban J connectivity index is 1.66. The third-order valence-corrected chi connectivity index (χ3v) is 6.11. The molecule has 1 aliphatic heterocycles. The lowest BCUT2D eigenvalue weighted by Crippen LogP contribution is -2.50. The summed E-state index contributed by atoms with van der Waals surface area (Å²) in [6, 6.07) is 4.62. The van der Waals surface area contributed by atoms with Crippen molar-refractivity contribution in [3.8, 4) is 0 Å². The molecule has 1 aromatic carbocycles. The second-order valence-corrected chi connectivity index (χ2v) is 8.24. The average Bonchev–Trinajstić information content (AvgIpc) is 3.23.